The minimum Gasteiger partial charge on any atom is -0.494 e. The van der Waals surface area contributed by atoms with E-state index in [0.29, 0.717) is 18.6 Å². The third-order valence-electron chi connectivity index (χ3n) is 3.76. The summed E-state index contributed by atoms with van der Waals surface area (Å²) in [6.07, 6.45) is 4.14. The van der Waals surface area contributed by atoms with E-state index in [1.54, 1.807) is 6.26 Å². The Labute approximate surface area is 141 Å². The van der Waals surface area contributed by atoms with Gasteiger partial charge in [0.25, 0.3) is 5.91 Å². The Morgan fingerprint density at radius 1 is 1.38 bits per heavy atom. The van der Waals surface area contributed by atoms with Crippen LogP contribution in [0.3, 0.4) is 0 Å². The molecule has 0 radical (unpaired) electrons. The first kappa shape index (κ1) is 16.2. The van der Waals surface area contributed by atoms with Crippen molar-refractivity contribution in [2.45, 2.75) is 26.3 Å². The molecule has 5 nitrogen and oxygen atoms in total. The Bertz CT molecular complexity index is 734. The van der Waals surface area contributed by atoms with Crippen molar-refractivity contribution < 1.29 is 18.7 Å². The van der Waals surface area contributed by atoms with Gasteiger partial charge in [-0.25, -0.2) is 0 Å². The Morgan fingerprint density at radius 2 is 2.25 bits per heavy atom. The van der Waals surface area contributed by atoms with E-state index in [1.807, 2.05) is 50.3 Å². The van der Waals surface area contributed by atoms with E-state index in [2.05, 4.69) is 5.32 Å². The van der Waals surface area contributed by atoms with Crippen molar-refractivity contribution in [2.24, 2.45) is 0 Å². The lowest BCUT2D eigenvalue weighted by Crippen LogP contribution is -2.36. The molecule has 2 heterocycles. The molecule has 0 saturated heterocycles. The number of nitrogens with one attached hydrogen (secondary N) is 1. The first-order valence-electron chi connectivity index (χ1n) is 8.09. The van der Waals surface area contributed by atoms with Crippen LogP contribution in [0.5, 0.6) is 11.5 Å². The maximum atomic E-state index is 12.4. The number of furan rings is 1. The third-order valence-corrected chi connectivity index (χ3v) is 3.76. The zero-order chi connectivity index (χ0) is 16.9. The van der Waals surface area contributed by atoms with Crippen molar-refractivity contribution in [1.82, 2.24) is 5.32 Å². The monoisotopic (exact) mass is 327 g/mol. The lowest BCUT2D eigenvalue weighted by molar-refractivity contribution is -0.118. The molecule has 1 aromatic carbocycles. The zero-order valence-corrected chi connectivity index (χ0v) is 13.9. The van der Waals surface area contributed by atoms with E-state index in [4.69, 9.17) is 13.9 Å². The number of carbonyl (C=O) groups is 1. The molecule has 1 N–H and O–H groups in total. The number of fused-ring (bicyclic) bond motifs is 1. The van der Waals surface area contributed by atoms with Gasteiger partial charge in [0, 0.05) is 18.0 Å². The van der Waals surface area contributed by atoms with E-state index in [-0.39, 0.29) is 18.6 Å². The highest BCUT2D eigenvalue weighted by molar-refractivity contribution is 5.99. The number of amides is 1. The number of benzene rings is 1. The molecule has 0 fully saturated rings. The molecule has 0 aliphatic carbocycles. The summed E-state index contributed by atoms with van der Waals surface area (Å²) < 4.78 is 16.5. The summed E-state index contributed by atoms with van der Waals surface area (Å²) in [6.45, 7) is 4.75. The Balaban J connectivity index is 1.67. The molecule has 5 heteroatoms. The number of ether oxygens (including phenoxy) is 2. The maximum Gasteiger partial charge on any atom is 0.250 e. The third kappa shape index (κ3) is 3.79. The highest BCUT2D eigenvalue weighted by Gasteiger charge is 2.19. The van der Waals surface area contributed by atoms with Crippen LogP contribution in [0.25, 0.3) is 6.08 Å². The molecule has 0 bridgehead atoms. The summed E-state index contributed by atoms with van der Waals surface area (Å²) in [4.78, 5) is 12.4. The minimum absolute atomic E-state index is 0.0271. The first-order valence-corrected chi connectivity index (χ1v) is 8.09. The van der Waals surface area contributed by atoms with Gasteiger partial charge in [0.05, 0.1) is 18.4 Å². The van der Waals surface area contributed by atoms with E-state index >= 15 is 0 Å². The van der Waals surface area contributed by atoms with Gasteiger partial charge in [-0.3, -0.25) is 4.79 Å². The summed E-state index contributed by atoms with van der Waals surface area (Å²) in [5, 5.41) is 2.98. The van der Waals surface area contributed by atoms with Crippen molar-refractivity contribution in [3.05, 3.63) is 53.5 Å². The van der Waals surface area contributed by atoms with Crippen LogP contribution in [0.2, 0.25) is 0 Å². The fourth-order valence-electron chi connectivity index (χ4n) is 2.64. The van der Waals surface area contributed by atoms with E-state index < -0.39 is 0 Å². The second-order valence-corrected chi connectivity index (χ2v) is 5.75. The average molecular weight is 327 g/mol. The van der Waals surface area contributed by atoms with Crippen molar-refractivity contribution in [3.8, 4) is 11.5 Å². The second-order valence-electron chi connectivity index (χ2n) is 5.75. The van der Waals surface area contributed by atoms with Gasteiger partial charge in [0.15, 0.2) is 0 Å². The predicted octanol–water partition coefficient (Wildman–Crippen LogP) is 3.20. The molecule has 1 aliphatic heterocycles. The van der Waals surface area contributed by atoms with Crippen LogP contribution in [0.4, 0.5) is 0 Å². The molecule has 1 atom stereocenters. The quantitative estimate of drug-likeness (QED) is 0.885. The number of carbonyl (C=O) groups excluding carboxylic acids is 1. The Kier molecular flexibility index (Phi) is 4.89. The van der Waals surface area contributed by atoms with Crippen LogP contribution in [0.15, 0.2) is 46.6 Å². The van der Waals surface area contributed by atoms with Gasteiger partial charge in [-0.2, -0.15) is 0 Å². The maximum absolute atomic E-state index is 12.4. The number of hydrogen-bond donors (Lipinski definition) is 1. The zero-order valence-electron chi connectivity index (χ0n) is 13.9. The van der Waals surface area contributed by atoms with Gasteiger partial charge in [-0.1, -0.05) is 0 Å². The largest absolute Gasteiger partial charge is 0.494 e. The van der Waals surface area contributed by atoms with Gasteiger partial charge >= 0.3 is 0 Å². The lowest BCUT2D eigenvalue weighted by Gasteiger charge is -2.20. The van der Waals surface area contributed by atoms with Gasteiger partial charge < -0.3 is 19.2 Å². The summed E-state index contributed by atoms with van der Waals surface area (Å²) in [5.74, 6) is 2.26. The Morgan fingerprint density at radius 3 is 3.00 bits per heavy atom. The van der Waals surface area contributed by atoms with Crippen LogP contribution in [-0.2, 0) is 11.2 Å². The number of hydrogen-bond acceptors (Lipinski definition) is 4. The fourth-order valence-corrected chi connectivity index (χ4v) is 2.64. The average Bonchev–Trinajstić information content (AvgIpc) is 3.07. The molecule has 3 rings (SSSR count). The van der Waals surface area contributed by atoms with E-state index in [0.717, 1.165) is 22.8 Å². The topological polar surface area (TPSA) is 60.7 Å². The highest BCUT2D eigenvalue weighted by atomic mass is 16.5. The SMILES string of the molecule is CCOc1ccc2c(c1)C=C(C(=O)N[C@@H](C)Cc1ccco1)CO2. The Hall–Kier alpha value is -2.69. The van der Waals surface area contributed by atoms with E-state index in [1.165, 1.54) is 0 Å². The molecule has 2 aromatic rings. The van der Waals surface area contributed by atoms with Crippen molar-refractivity contribution in [3.63, 3.8) is 0 Å². The molecule has 1 amide bonds. The molecule has 0 spiro atoms. The molecule has 1 aliphatic rings. The highest BCUT2D eigenvalue weighted by Crippen LogP contribution is 2.30. The van der Waals surface area contributed by atoms with Crippen LogP contribution >= 0.6 is 0 Å². The molecular weight excluding hydrogens is 306 g/mol. The molecule has 126 valence electrons. The number of rotatable bonds is 6. The lowest BCUT2D eigenvalue weighted by atomic mass is 10.1. The molecule has 1 aromatic heterocycles. The predicted molar refractivity (Wildman–Crippen MR) is 91.1 cm³/mol. The summed E-state index contributed by atoms with van der Waals surface area (Å²) in [7, 11) is 0. The molecule has 0 unspecified atom stereocenters. The smallest absolute Gasteiger partial charge is 0.250 e. The first-order chi connectivity index (χ1) is 11.7. The van der Waals surface area contributed by atoms with Crippen LogP contribution in [-0.4, -0.2) is 25.2 Å². The fraction of sp³-hybridized carbons (Fsp3) is 0.316. The van der Waals surface area contributed by atoms with Gasteiger partial charge in [0.1, 0.15) is 23.9 Å². The van der Waals surface area contributed by atoms with Crippen LogP contribution in [0.1, 0.15) is 25.2 Å². The van der Waals surface area contributed by atoms with Crippen molar-refractivity contribution in [1.29, 1.82) is 0 Å². The van der Waals surface area contributed by atoms with Crippen LogP contribution in [0, 0.1) is 0 Å². The van der Waals surface area contributed by atoms with Crippen LogP contribution < -0.4 is 14.8 Å². The van der Waals surface area contributed by atoms with Gasteiger partial charge in [0.2, 0.25) is 0 Å². The summed E-state index contributed by atoms with van der Waals surface area (Å²) in [5.41, 5.74) is 1.46. The summed E-state index contributed by atoms with van der Waals surface area (Å²) in [6, 6.07) is 9.33. The molecular formula is C19H21NO4. The van der Waals surface area contributed by atoms with Gasteiger partial charge in [-0.15, -0.1) is 0 Å². The minimum atomic E-state index is -0.124. The second kappa shape index (κ2) is 7.25. The molecule has 0 saturated carbocycles. The standard InChI is InChI=1S/C19H21NO4/c1-3-22-17-6-7-18-14(11-17)10-15(12-24-18)19(21)20-13(2)9-16-5-4-8-23-16/h4-8,10-11,13H,3,9,12H2,1-2H3,(H,20,21)/t13-/m0/s1. The normalized spacial score (nSPS) is 14.2. The molecule has 24 heavy (non-hydrogen) atoms. The van der Waals surface area contributed by atoms with Gasteiger partial charge in [-0.05, 0) is 50.3 Å². The summed E-state index contributed by atoms with van der Waals surface area (Å²) >= 11 is 0. The van der Waals surface area contributed by atoms with E-state index in [9.17, 15) is 4.79 Å². The van der Waals surface area contributed by atoms with Crippen molar-refractivity contribution in [2.75, 3.05) is 13.2 Å². The van der Waals surface area contributed by atoms with Crippen molar-refractivity contribution >= 4 is 12.0 Å².